The molecule has 0 radical (unpaired) electrons. The van der Waals surface area contributed by atoms with Gasteiger partial charge in [-0.25, -0.2) is 9.78 Å². The number of hydrogen-bond acceptors (Lipinski definition) is 5. The Bertz CT molecular complexity index is 1590. The molecule has 182 valence electrons. The Kier molecular flexibility index (Phi) is 7.00. The van der Waals surface area contributed by atoms with E-state index in [1.807, 2.05) is 36.4 Å². The van der Waals surface area contributed by atoms with Crippen LogP contribution in [0.15, 0.2) is 66.9 Å². The largest absolute Gasteiger partial charge is 0.333 e. The van der Waals surface area contributed by atoms with Crippen LogP contribution in [0.1, 0.15) is 33.5 Å². The smallest absolute Gasteiger partial charge is 0.326 e. The SMILES string of the molecule is N#Cc1ccc(C=CCN2CCc3c(c4ccc(C#N)cc4n3C(=O)NCc3ccnc(Cl)c3)C2)cc1. The van der Waals surface area contributed by atoms with Gasteiger partial charge in [0.2, 0.25) is 0 Å². The van der Waals surface area contributed by atoms with E-state index in [2.05, 4.69) is 39.5 Å². The Hall–Kier alpha value is -4.43. The molecule has 0 saturated heterocycles. The standard InChI is InChI=1S/C29H23ClN6O/c30-28-15-23(9-11-33-28)18-34-29(37)36-26-10-13-35(12-1-2-20-3-5-21(16-31)6-4-20)19-25(26)24-8-7-22(17-32)14-27(24)36/h1-9,11,14-15H,10,12-13,18-19H2,(H,34,37). The summed E-state index contributed by atoms with van der Waals surface area (Å²) < 4.78 is 1.72. The number of nitrogens with one attached hydrogen (secondary N) is 1. The normalized spacial score (nSPS) is 13.3. The van der Waals surface area contributed by atoms with Gasteiger partial charge >= 0.3 is 6.03 Å². The lowest BCUT2D eigenvalue weighted by Gasteiger charge is -2.27. The quantitative estimate of drug-likeness (QED) is 0.372. The molecule has 0 saturated carbocycles. The molecule has 0 bridgehead atoms. The van der Waals surface area contributed by atoms with E-state index in [0.717, 1.165) is 46.4 Å². The number of halogens is 1. The van der Waals surface area contributed by atoms with Crippen LogP contribution in [0.5, 0.6) is 0 Å². The van der Waals surface area contributed by atoms with Crippen LogP contribution in [0, 0.1) is 22.7 Å². The first-order chi connectivity index (χ1) is 18.1. The number of nitrogens with zero attached hydrogens (tertiary/aromatic N) is 5. The van der Waals surface area contributed by atoms with Gasteiger partial charge in [0.05, 0.1) is 28.8 Å². The van der Waals surface area contributed by atoms with Crippen LogP contribution >= 0.6 is 11.6 Å². The van der Waals surface area contributed by atoms with Gasteiger partial charge in [0.15, 0.2) is 0 Å². The third kappa shape index (κ3) is 5.24. The van der Waals surface area contributed by atoms with E-state index in [1.54, 1.807) is 29.0 Å². The number of carbonyl (C=O) groups excluding carboxylic acids is 1. The molecule has 1 N–H and O–H groups in total. The Morgan fingerprint density at radius 3 is 2.62 bits per heavy atom. The molecule has 0 fully saturated rings. The number of rotatable bonds is 5. The monoisotopic (exact) mass is 506 g/mol. The molecule has 0 aliphatic carbocycles. The second-order valence-corrected chi connectivity index (χ2v) is 9.26. The fourth-order valence-electron chi connectivity index (χ4n) is 4.69. The van der Waals surface area contributed by atoms with Gasteiger partial charge in [-0.1, -0.05) is 42.0 Å². The summed E-state index contributed by atoms with van der Waals surface area (Å²) in [6.07, 6.45) is 6.50. The van der Waals surface area contributed by atoms with Crippen LogP contribution in [0.4, 0.5) is 4.79 Å². The van der Waals surface area contributed by atoms with E-state index in [4.69, 9.17) is 16.9 Å². The second-order valence-electron chi connectivity index (χ2n) is 8.87. The number of amides is 1. The molecule has 1 aliphatic rings. The lowest BCUT2D eigenvalue weighted by molar-refractivity contribution is 0.240. The zero-order chi connectivity index (χ0) is 25.8. The minimum atomic E-state index is -0.233. The Morgan fingerprint density at radius 2 is 1.86 bits per heavy atom. The maximum absolute atomic E-state index is 13.4. The summed E-state index contributed by atoms with van der Waals surface area (Å²) in [5.41, 5.74) is 5.89. The van der Waals surface area contributed by atoms with E-state index in [0.29, 0.717) is 35.8 Å². The van der Waals surface area contributed by atoms with Crippen molar-refractivity contribution in [3.8, 4) is 12.1 Å². The molecule has 3 heterocycles. The summed E-state index contributed by atoms with van der Waals surface area (Å²) in [5, 5.41) is 22.8. The average molecular weight is 507 g/mol. The fourth-order valence-corrected chi connectivity index (χ4v) is 4.88. The third-order valence-corrected chi connectivity index (χ3v) is 6.72. The minimum absolute atomic E-state index is 0.233. The lowest BCUT2D eigenvalue weighted by Crippen LogP contribution is -2.34. The summed E-state index contributed by atoms with van der Waals surface area (Å²) in [5.74, 6) is 0. The van der Waals surface area contributed by atoms with Crippen molar-refractivity contribution in [3.05, 3.63) is 106 Å². The molecule has 1 amide bonds. The van der Waals surface area contributed by atoms with Gasteiger partial charge in [0.25, 0.3) is 0 Å². The van der Waals surface area contributed by atoms with Gasteiger partial charge in [0, 0.05) is 49.9 Å². The number of aromatic nitrogens is 2. The van der Waals surface area contributed by atoms with E-state index in [1.165, 1.54) is 0 Å². The van der Waals surface area contributed by atoms with Crippen LogP contribution in [0.2, 0.25) is 5.15 Å². The van der Waals surface area contributed by atoms with Crippen LogP contribution in [0.25, 0.3) is 17.0 Å². The van der Waals surface area contributed by atoms with Gasteiger partial charge < -0.3 is 5.32 Å². The van der Waals surface area contributed by atoms with Crippen molar-refractivity contribution < 1.29 is 4.79 Å². The number of benzene rings is 2. The van der Waals surface area contributed by atoms with Crippen LogP contribution in [0.3, 0.4) is 0 Å². The third-order valence-electron chi connectivity index (χ3n) is 6.51. The van der Waals surface area contributed by atoms with Gasteiger partial charge in [-0.05, 0) is 53.1 Å². The molecule has 37 heavy (non-hydrogen) atoms. The number of pyridine rings is 1. The maximum atomic E-state index is 13.4. The Balaban J connectivity index is 1.38. The molecule has 8 heteroatoms. The molecule has 5 rings (SSSR count). The lowest BCUT2D eigenvalue weighted by atomic mass is 10.0. The number of fused-ring (bicyclic) bond motifs is 3. The topological polar surface area (TPSA) is 97.7 Å². The van der Waals surface area contributed by atoms with Crippen molar-refractivity contribution in [1.29, 1.82) is 10.5 Å². The fraction of sp³-hybridized carbons (Fsp3) is 0.172. The van der Waals surface area contributed by atoms with Crippen LogP contribution in [-0.4, -0.2) is 33.6 Å². The molecule has 0 spiro atoms. The zero-order valence-electron chi connectivity index (χ0n) is 20.0. The Labute approximate surface area is 219 Å². The number of nitriles is 2. The summed E-state index contributed by atoms with van der Waals surface area (Å²) in [4.78, 5) is 19.7. The second kappa shape index (κ2) is 10.7. The molecule has 2 aromatic carbocycles. The first kappa shape index (κ1) is 24.3. The van der Waals surface area contributed by atoms with Gasteiger partial charge in [-0.15, -0.1) is 0 Å². The van der Waals surface area contributed by atoms with Gasteiger partial charge in [-0.2, -0.15) is 10.5 Å². The molecular weight excluding hydrogens is 484 g/mol. The Morgan fingerprint density at radius 1 is 1.08 bits per heavy atom. The number of hydrogen-bond donors (Lipinski definition) is 1. The summed E-state index contributed by atoms with van der Waals surface area (Å²) in [6.45, 7) is 2.59. The van der Waals surface area contributed by atoms with Crippen molar-refractivity contribution in [3.63, 3.8) is 0 Å². The predicted octanol–water partition coefficient (Wildman–Crippen LogP) is 5.26. The van der Waals surface area contributed by atoms with Gasteiger partial charge in [0.1, 0.15) is 5.15 Å². The highest BCUT2D eigenvalue weighted by molar-refractivity contribution is 6.29. The highest BCUT2D eigenvalue weighted by Crippen LogP contribution is 2.31. The van der Waals surface area contributed by atoms with Crippen molar-refractivity contribution >= 4 is 34.6 Å². The highest BCUT2D eigenvalue weighted by atomic mass is 35.5. The number of carbonyl (C=O) groups is 1. The van der Waals surface area contributed by atoms with E-state index in [9.17, 15) is 10.1 Å². The van der Waals surface area contributed by atoms with Crippen LogP contribution in [-0.2, 0) is 19.5 Å². The first-order valence-corrected chi connectivity index (χ1v) is 12.3. The molecule has 7 nitrogen and oxygen atoms in total. The maximum Gasteiger partial charge on any atom is 0.326 e. The van der Waals surface area contributed by atoms with Crippen molar-refractivity contribution in [2.75, 3.05) is 13.1 Å². The van der Waals surface area contributed by atoms with E-state index >= 15 is 0 Å². The average Bonchev–Trinajstić information content (AvgIpc) is 3.25. The molecule has 0 unspecified atom stereocenters. The van der Waals surface area contributed by atoms with Crippen molar-refractivity contribution in [1.82, 2.24) is 19.8 Å². The predicted molar refractivity (Wildman–Crippen MR) is 143 cm³/mol. The minimum Gasteiger partial charge on any atom is -0.333 e. The van der Waals surface area contributed by atoms with Crippen molar-refractivity contribution in [2.45, 2.75) is 19.5 Å². The van der Waals surface area contributed by atoms with E-state index in [-0.39, 0.29) is 6.03 Å². The molecule has 1 aliphatic heterocycles. The molecular formula is C29H23ClN6O. The van der Waals surface area contributed by atoms with Crippen LogP contribution < -0.4 is 5.32 Å². The highest BCUT2D eigenvalue weighted by Gasteiger charge is 2.26. The van der Waals surface area contributed by atoms with E-state index < -0.39 is 0 Å². The van der Waals surface area contributed by atoms with Gasteiger partial charge in [-0.3, -0.25) is 9.47 Å². The first-order valence-electron chi connectivity index (χ1n) is 11.9. The zero-order valence-corrected chi connectivity index (χ0v) is 20.7. The summed E-state index contributed by atoms with van der Waals surface area (Å²) in [6, 6.07) is 20.6. The summed E-state index contributed by atoms with van der Waals surface area (Å²) >= 11 is 5.98. The molecule has 2 aromatic heterocycles. The molecule has 0 atom stereocenters. The molecule has 4 aromatic rings. The van der Waals surface area contributed by atoms with Crippen molar-refractivity contribution in [2.24, 2.45) is 0 Å². The summed E-state index contributed by atoms with van der Waals surface area (Å²) in [7, 11) is 0.